The molecule has 0 amide bonds. The maximum absolute atomic E-state index is 5.27. The zero-order chi connectivity index (χ0) is 11.3. The minimum Gasteiger partial charge on any atom is -0.382 e. The van der Waals surface area contributed by atoms with Gasteiger partial charge in [-0.2, -0.15) is 0 Å². The monoisotopic (exact) mass is 208 g/mol. The van der Waals surface area contributed by atoms with Gasteiger partial charge in [0, 0.05) is 25.5 Å². The molecule has 2 unspecified atom stereocenters. The average molecular weight is 208 g/mol. The first-order valence-electron chi connectivity index (χ1n) is 5.29. The summed E-state index contributed by atoms with van der Waals surface area (Å²) in [5, 5.41) is 3.29. The third kappa shape index (κ3) is 3.61. The van der Waals surface area contributed by atoms with Crippen LogP contribution in [0.1, 0.15) is 30.5 Å². The zero-order valence-electron chi connectivity index (χ0n) is 9.95. The topological polar surface area (TPSA) is 34.1 Å². The molecule has 3 nitrogen and oxygen atoms in total. The molecular weight excluding hydrogens is 188 g/mol. The third-order valence-corrected chi connectivity index (χ3v) is 2.62. The molecule has 0 saturated heterocycles. The standard InChI is InChI=1S/C12H20N2O/c1-9-5-11(8-14-7-9)12(13-3)6-10(2)15-4/h5,7-8,10,12-13H,6H2,1-4H3. The normalized spacial score (nSPS) is 14.9. The molecule has 1 aromatic rings. The number of hydrogen-bond donors (Lipinski definition) is 1. The molecule has 0 aliphatic rings. The Hall–Kier alpha value is -0.930. The fourth-order valence-electron chi connectivity index (χ4n) is 1.62. The first-order chi connectivity index (χ1) is 7.17. The van der Waals surface area contributed by atoms with E-state index in [1.807, 2.05) is 19.4 Å². The first-order valence-corrected chi connectivity index (χ1v) is 5.29. The number of aromatic nitrogens is 1. The molecule has 0 saturated carbocycles. The number of aryl methyl sites for hydroxylation is 1. The second-order valence-corrected chi connectivity index (χ2v) is 3.92. The van der Waals surface area contributed by atoms with Crippen molar-refractivity contribution in [1.82, 2.24) is 10.3 Å². The van der Waals surface area contributed by atoms with Gasteiger partial charge in [-0.15, -0.1) is 0 Å². The average Bonchev–Trinajstić information content (AvgIpc) is 2.25. The predicted molar refractivity (Wildman–Crippen MR) is 61.9 cm³/mol. The van der Waals surface area contributed by atoms with E-state index in [4.69, 9.17) is 4.74 Å². The van der Waals surface area contributed by atoms with E-state index < -0.39 is 0 Å². The van der Waals surface area contributed by atoms with Crippen LogP contribution in [-0.2, 0) is 4.74 Å². The van der Waals surface area contributed by atoms with Gasteiger partial charge >= 0.3 is 0 Å². The third-order valence-electron chi connectivity index (χ3n) is 2.62. The van der Waals surface area contributed by atoms with Crippen LogP contribution in [0.4, 0.5) is 0 Å². The van der Waals surface area contributed by atoms with Gasteiger partial charge in [-0.05, 0) is 38.4 Å². The van der Waals surface area contributed by atoms with Crippen molar-refractivity contribution in [2.45, 2.75) is 32.4 Å². The van der Waals surface area contributed by atoms with E-state index in [-0.39, 0.29) is 6.10 Å². The fraction of sp³-hybridized carbons (Fsp3) is 0.583. The molecule has 0 aromatic carbocycles. The second-order valence-electron chi connectivity index (χ2n) is 3.92. The van der Waals surface area contributed by atoms with E-state index in [2.05, 4.69) is 30.2 Å². The SMILES string of the molecule is CNC(CC(C)OC)c1cncc(C)c1. The Morgan fingerprint density at radius 2 is 2.20 bits per heavy atom. The van der Waals surface area contributed by atoms with Crippen LogP contribution in [0.15, 0.2) is 18.5 Å². The van der Waals surface area contributed by atoms with E-state index in [0.717, 1.165) is 6.42 Å². The summed E-state index contributed by atoms with van der Waals surface area (Å²) in [4.78, 5) is 4.21. The molecule has 0 aliphatic heterocycles. The second kappa shape index (κ2) is 5.83. The summed E-state index contributed by atoms with van der Waals surface area (Å²) in [5.74, 6) is 0. The van der Waals surface area contributed by atoms with E-state index >= 15 is 0 Å². The van der Waals surface area contributed by atoms with Gasteiger partial charge in [0.25, 0.3) is 0 Å². The Bertz CT molecular complexity index is 301. The fourth-order valence-corrected chi connectivity index (χ4v) is 1.62. The Morgan fingerprint density at radius 1 is 1.47 bits per heavy atom. The molecule has 15 heavy (non-hydrogen) atoms. The zero-order valence-corrected chi connectivity index (χ0v) is 9.95. The molecule has 0 fully saturated rings. The van der Waals surface area contributed by atoms with Gasteiger partial charge < -0.3 is 10.1 Å². The van der Waals surface area contributed by atoms with Gasteiger partial charge in [-0.3, -0.25) is 4.98 Å². The summed E-state index contributed by atoms with van der Waals surface area (Å²) in [5.41, 5.74) is 2.42. The Labute approximate surface area is 91.9 Å². The van der Waals surface area contributed by atoms with Crippen LogP contribution >= 0.6 is 0 Å². The molecule has 0 spiro atoms. The Kier molecular flexibility index (Phi) is 4.72. The van der Waals surface area contributed by atoms with Crippen LogP contribution < -0.4 is 5.32 Å². The van der Waals surface area contributed by atoms with E-state index in [1.54, 1.807) is 7.11 Å². The van der Waals surface area contributed by atoms with Gasteiger partial charge in [0.05, 0.1) is 6.10 Å². The van der Waals surface area contributed by atoms with Gasteiger partial charge in [0.2, 0.25) is 0 Å². The molecule has 0 aliphatic carbocycles. The molecule has 0 bridgehead atoms. The minimum absolute atomic E-state index is 0.253. The van der Waals surface area contributed by atoms with Crippen LogP contribution in [0, 0.1) is 6.92 Å². The molecule has 2 atom stereocenters. The first kappa shape index (κ1) is 12.1. The van der Waals surface area contributed by atoms with Crippen molar-refractivity contribution in [2.24, 2.45) is 0 Å². The van der Waals surface area contributed by atoms with E-state index in [9.17, 15) is 0 Å². The van der Waals surface area contributed by atoms with Gasteiger partial charge in [0.15, 0.2) is 0 Å². The summed E-state index contributed by atoms with van der Waals surface area (Å²) in [6.45, 7) is 4.14. The molecule has 84 valence electrons. The quantitative estimate of drug-likeness (QED) is 0.804. The highest BCUT2D eigenvalue weighted by molar-refractivity contribution is 5.20. The summed E-state index contributed by atoms with van der Waals surface area (Å²) in [6, 6.07) is 2.48. The highest BCUT2D eigenvalue weighted by atomic mass is 16.5. The van der Waals surface area contributed by atoms with Crippen LogP contribution in [0.2, 0.25) is 0 Å². The summed E-state index contributed by atoms with van der Waals surface area (Å²) < 4.78 is 5.27. The maximum atomic E-state index is 5.27. The minimum atomic E-state index is 0.253. The van der Waals surface area contributed by atoms with Crippen LogP contribution in [0.5, 0.6) is 0 Å². The van der Waals surface area contributed by atoms with Gasteiger partial charge in [-0.1, -0.05) is 6.07 Å². The Morgan fingerprint density at radius 3 is 2.73 bits per heavy atom. The lowest BCUT2D eigenvalue weighted by Gasteiger charge is -2.20. The summed E-state index contributed by atoms with van der Waals surface area (Å²) in [7, 11) is 3.71. The molecule has 3 heteroatoms. The number of nitrogens with zero attached hydrogens (tertiary/aromatic N) is 1. The molecular formula is C12H20N2O. The number of hydrogen-bond acceptors (Lipinski definition) is 3. The highest BCUT2D eigenvalue weighted by Crippen LogP contribution is 2.19. The number of pyridine rings is 1. The van der Waals surface area contributed by atoms with Crippen molar-refractivity contribution >= 4 is 0 Å². The van der Waals surface area contributed by atoms with Crippen molar-refractivity contribution < 1.29 is 4.74 Å². The highest BCUT2D eigenvalue weighted by Gasteiger charge is 2.13. The van der Waals surface area contributed by atoms with Crippen LogP contribution in [-0.4, -0.2) is 25.2 Å². The van der Waals surface area contributed by atoms with Crippen LogP contribution in [0.3, 0.4) is 0 Å². The lowest BCUT2D eigenvalue weighted by molar-refractivity contribution is 0.101. The number of nitrogens with one attached hydrogen (secondary N) is 1. The Balaban J connectivity index is 2.73. The molecule has 1 rings (SSSR count). The molecule has 0 radical (unpaired) electrons. The largest absolute Gasteiger partial charge is 0.382 e. The summed E-state index contributed by atoms with van der Waals surface area (Å²) >= 11 is 0. The predicted octanol–water partition coefficient (Wildman–Crippen LogP) is 2.08. The van der Waals surface area contributed by atoms with Crippen molar-refractivity contribution in [3.8, 4) is 0 Å². The number of rotatable bonds is 5. The van der Waals surface area contributed by atoms with Gasteiger partial charge in [-0.25, -0.2) is 0 Å². The number of methoxy groups -OCH3 is 1. The lowest BCUT2D eigenvalue weighted by Crippen LogP contribution is -2.22. The van der Waals surface area contributed by atoms with Crippen molar-refractivity contribution in [3.63, 3.8) is 0 Å². The van der Waals surface area contributed by atoms with E-state index in [0.29, 0.717) is 6.04 Å². The van der Waals surface area contributed by atoms with Gasteiger partial charge in [0.1, 0.15) is 0 Å². The molecule has 1 heterocycles. The lowest BCUT2D eigenvalue weighted by atomic mass is 10.0. The van der Waals surface area contributed by atoms with Crippen molar-refractivity contribution in [3.05, 3.63) is 29.6 Å². The molecule has 1 N–H and O–H groups in total. The smallest absolute Gasteiger partial charge is 0.0561 e. The maximum Gasteiger partial charge on any atom is 0.0561 e. The van der Waals surface area contributed by atoms with Crippen molar-refractivity contribution in [1.29, 1.82) is 0 Å². The molecule has 1 aromatic heterocycles. The summed E-state index contributed by atoms with van der Waals surface area (Å²) in [6.07, 6.45) is 4.99. The number of ether oxygens (including phenoxy) is 1. The van der Waals surface area contributed by atoms with E-state index in [1.165, 1.54) is 11.1 Å². The van der Waals surface area contributed by atoms with Crippen LogP contribution in [0.25, 0.3) is 0 Å². The van der Waals surface area contributed by atoms with Crippen molar-refractivity contribution in [2.75, 3.05) is 14.2 Å².